The number of nitrogens with zero attached hydrogens (tertiary/aromatic N) is 2. The summed E-state index contributed by atoms with van der Waals surface area (Å²) in [5.41, 5.74) is 1.68. The first-order chi connectivity index (χ1) is 14.5. The molecule has 1 aliphatic heterocycles. The van der Waals surface area contributed by atoms with Gasteiger partial charge >= 0.3 is 0 Å². The summed E-state index contributed by atoms with van der Waals surface area (Å²) < 4.78 is 10.6. The predicted molar refractivity (Wildman–Crippen MR) is 117 cm³/mol. The quantitative estimate of drug-likeness (QED) is 0.691. The van der Waals surface area contributed by atoms with Crippen LogP contribution in [0.25, 0.3) is 0 Å². The van der Waals surface area contributed by atoms with Crippen LogP contribution in [0.5, 0.6) is 11.5 Å². The van der Waals surface area contributed by atoms with Gasteiger partial charge in [-0.05, 0) is 62.2 Å². The summed E-state index contributed by atoms with van der Waals surface area (Å²) in [5, 5.41) is 0. The maximum atomic E-state index is 13.4. The number of hydrogen-bond donors (Lipinski definition) is 0. The summed E-state index contributed by atoms with van der Waals surface area (Å²) in [6, 6.07) is 14.7. The molecule has 30 heavy (non-hydrogen) atoms. The number of amides is 2. The van der Waals surface area contributed by atoms with Crippen LogP contribution in [-0.4, -0.2) is 44.0 Å². The Morgan fingerprint density at radius 1 is 0.967 bits per heavy atom. The molecule has 0 radical (unpaired) electrons. The van der Waals surface area contributed by atoms with E-state index in [9.17, 15) is 9.59 Å². The number of piperidine rings is 1. The lowest BCUT2D eigenvalue weighted by Crippen LogP contribution is -2.49. The van der Waals surface area contributed by atoms with E-state index in [4.69, 9.17) is 9.47 Å². The molecule has 6 heteroatoms. The molecule has 2 atom stereocenters. The van der Waals surface area contributed by atoms with Crippen molar-refractivity contribution in [2.45, 2.75) is 32.7 Å². The smallest absolute Gasteiger partial charge is 0.228 e. The Balaban J connectivity index is 2.07. The lowest BCUT2D eigenvalue weighted by molar-refractivity contribution is -0.138. The third-order valence-electron chi connectivity index (χ3n) is 5.80. The van der Waals surface area contributed by atoms with Crippen molar-refractivity contribution < 1.29 is 19.1 Å². The van der Waals surface area contributed by atoms with Gasteiger partial charge in [-0.25, -0.2) is 0 Å². The van der Waals surface area contributed by atoms with Crippen LogP contribution in [0.1, 0.15) is 38.3 Å². The molecule has 1 aliphatic rings. The fraction of sp³-hybridized carbons (Fsp3) is 0.417. The summed E-state index contributed by atoms with van der Waals surface area (Å²) in [5.74, 6) is 1.26. The number of hydrogen-bond acceptors (Lipinski definition) is 4. The van der Waals surface area contributed by atoms with Crippen LogP contribution < -0.4 is 14.4 Å². The highest BCUT2D eigenvalue weighted by Crippen LogP contribution is 2.41. The first kappa shape index (κ1) is 21.7. The van der Waals surface area contributed by atoms with Crippen molar-refractivity contribution in [1.82, 2.24) is 4.90 Å². The van der Waals surface area contributed by atoms with Crippen LogP contribution in [0.3, 0.4) is 0 Å². The van der Waals surface area contributed by atoms with Crippen LogP contribution in [0.2, 0.25) is 0 Å². The predicted octanol–water partition coefficient (Wildman–Crippen LogP) is 4.06. The molecule has 0 bridgehead atoms. The molecule has 2 unspecified atom stereocenters. The van der Waals surface area contributed by atoms with E-state index in [1.54, 1.807) is 19.1 Å². The first-order valence-electron chi connectivity index (χ1n) is 10.4. The lowest BCUT2D eigenvalue weighted by atomic mass is 9.82. The number of methoxy groups -OCH3 is 2. The molecular weight excluding hydrogens is 380 g/mol. The molecular formula is C24H30N2O4. The Bertz CT molecular complexity index is 860. The van der Waals surface area contributed by atoms with Crippen LogP contribution in [0.4, 0.5) is 5.69 Å². The van der Waals surface area contributed by atoms with Crippen molar-refractivity contribution in [3.63, 3.8) is 0 Å². The van der Waals surface area contributed by atoms with Crippen molar-refractivity contribution in [1.29, 1.82) is 0 Å². The van der Waals surface area contributed by atoms with Crippen molar-refractivity contribution in [3.05, 3.63) is 54.1 Å². The molecule has 1 heterocycles. The fourth-order valence-electron chi connectivity index (χ4n) is 4.15. The Kier molecular flexibility index (Phi) is 6.98. The van der Waals surface area contributed by atoms with Gasteiger partial charge in [-0.3, -0.25) is 9.59 Å². The minimum Gasteiger partial charge on any atom is -0.497 e. The summed E-state index contributed by atoms with van der Waals surface area (Å²) in [4.78, 5) is 30.1. The summed E-state index contributed by atoms with van der Waals surface area (Å²) >= 11 is 0. The maximum Gasteiger partial charge on any atom is 0.228 e. The zero-order valence-corrected chi connectivity index (χ0v) is 18.1. The Morgan fingerprint density at radius 2 is 1.50 bits per heavy atom. The normalized spacial score (nSPS) is 18.8. The van der Waals surface area contributed by atoms with Gasteiger partial charge in [0.2, 0.25) is 11.8 Å². The van der Waals surface area contributed by atoms with Crippen molar-refractivity contribution in [3.8, 4) is 11.5 Å². The first-order valence-corrected chi connectivity index (χ1v) is 10.4. The second kappa shape index (κ2) is 9.65. The molecule has 2 aromatic carbocycles. The third kappa shape index (κ3) is 4.27. The second-order valence-corrected chi connectivity index (χ2v) is 7.34. The lowest BCUT2D eigenvalue weighted by Gasteiger charge is -2.42. The number of carbonyl (C=O) groups is 2. The van der Waals surface area contributed by atoms with Gasteiger partial charge in [0.1, 0.15) is 11.5 Å². The monoisotopic (exact) mass is 410 g/mol. The maximum absolute atomic E-state index is 13.4. The van der Waals surface area contributed by atoms with E-state index in [2.05, 4.69) is 0 Å². The average Bonchev–Trinajstić information content (AvgIpc) is 2.79. The second-order valence-electron chi connectivity index (χ2n) is 7.34. The summed E-state index contributed by atoms with van der Waals surface area (Å²) in [6.45, 7) is 5.27. The molecule has 0 N–H and O–H groups in total. The van der Waals surface area contributed by atoms with Gasteiger partial charge in [-0.2, -0.15) is 0 Å². The van der Waals surface area contributed by atoms with E-state index >= 15 is 0 Å². The largest absolute Gasteiger partial charge is 0.497 e. The number of carbonyl (C=O) groups excluding carboxylic acids is 2. The Hall–Kier alpha value is -3.02. The number of rotatable bonds is 7. The van der Waals surface area contributed by atoms with Gasteiger partial charge in [-0.1, -0.05) is 12.1 Å². The molecule has 3 rings (SSSR count). The number of benzene rings is 2. The van der Waals surface area contributed by atoms with Crippen LogP contribution in [-0.2, 0) is 9.59 Å². The van der Waals surface area contributed by atoms with Crippen LogP contribution in [0, 0.1) is 5.92 Å². The zero-order chi connectivity index (χ0) is 21.7. The van der Waals surface area contributed by atoms with E-state index in [1.807, 2.05) is 67.3 Å². The Labute approximate surface area is 178 Å². The standard InChI is InChI=1S/C24H30N2O4/c1-5-25(6-2)24(28)21-15-16-22(27)26(18-9-13-20(30-4)14-10-18)23(21)17-7-11-19(29-3)12-8-17/h7-14,21,23H,5-6,15-16H2,1-4H3. The molecule has 2 amide bonds. The topological polar surface area (TPSA) is 59.1 Å². The molecule has 6 nitrogen and oxygen atoms in total. The third-order valence-corrected chi connectivity index (χ3v) is 5.80. The minimum absolute atomic E-state index is 0.0181. The van der Waals surface area contributed by atoms with Gasteiger partial charge in [0, 0.05) is 25.2 Å². The minimum atomic E-state index is -0.376. The highest BCUT2D eigenvalue weighted by atomic mass is 16.5. The average molecular weight is 411 g/mol. The van der Waals surface area contributed by atoms with Crippen molar-refractivity contribution in [2.24, 2.45) is 5.92 Å². The van der Waals surface area contributed by atoms with Gasteiger partial charge in [-0.15, -0.1) is 0 Å². The highest BCUT2D eigenvalue weighted by Gasteiger charge is 2.42. The van der Waals surface area contributed by atoms with Crippen LogP contribution in [0.15, 0.2) is 48.5 Å². The SMILES string of the molecule is CCN(CC)C(=O)C1CCC(=O)N(c2ccc(OC)cc2)C1c1ccc(OC)cc1. The number of anilines is 1. The molecule has 0 aliphatic carbocycles. The van der Waals surface area contributed by atoms with Gasteiger partial charge < -0.3 is 19.3 Å². The van der Waals surface area contributed by atoms with E-state index in [-0.39, 0.29) is 23.8 Å². The molecule has 0 saturated carbocycles. The van der Waals surface area contributed by atoms with Gasteiger partial charge in [0.05, 0.1) is 26.2 Å². The zero-order valence-electron chi connectivity index (χ0n) is 18.1. The summed E-state index contributed by atoms with van der Waals surface area (Å²) in [6.07, 6.45) is 0.883. The van der Waals surface area contributed by atoms with Gasteiger partial charge in [0.25, 0.3) is 0 Å². The molecule has 0 aromatic heterocycles. The fourth-order valence-corrected chi connectivity index (χ4v) is 4.15. The summed E-state index contributed by atoms with van der Waals surface area (Å²) in [7, 11) is 3.23. The van der Waals surface area contributed by atoms with Crippen molar-refractivity contribution >= 4 is 17.5 Å². The molecule has 1 fully saturated rings. The molecule has 2 aromatic rings. The number of ether oxygens (including phenoxy) is 2. The van der Waals surface area contributed by atoms with Crippen LogP contribution >= 0.6 is 0 Å². The highest BCUT2D eigenvalue weighted by molar-refractivity contribution is 5.97. The van der Waals surface area contributed by atoms with Gasteiger partial charge in [0.15, 0.2) is 0 Å². The van der Waals surface area contributed by atoms with E-state index in [0.717, 1.165) is 22.7 Å². The van der Waals surface area contributed by atoms with E-state index in [0.29, 0.717) is 25.9 Å². The molecule has 0 spiro atoms. The molecule has 160 valence electrons. The Morgan fingerprint density at radius 3 is 2.00 bits per heavy atom. The van der Waals surface area contributed by atoms with E-state index < -0.39 is 0 Å². The van der Waals surface area contributed by atoms with E-state index in [1.165, 1.54) is 0 Å². The van der Waals surface area contributed by atoms with Crippen molar-refractivity contribution in [2.75, 3.05) is 32.2 Å². The molecule has 1 saturated heterocycles.